The SMILES string of the molecule is Cc1c(NC(C)C(C)C)cccc1C(=O)N1CCC2(CCNC2)CC1. The van der Waals surface area contributed by atoms with Crippen molar-refractivity contribution in [2.24, 2.45) is 11.3 Å². The number of benzene rings is 1. The number of likely N-dealkylation sites (tertiary alicyclic amines) is 1. The number of rotatable bonds is 4. The fourth-order valence-corrected chi connectivity index (χ4v) is 4.01. The Balaban J connectivity index is 1.70. The van der Waals surface area contributed by atoms with Crippen LogP contribution >= 0.6 is 0 Å². The molecule has 1 atom stereocenters. The van der Waals surface area contributed by atoms with Gasteiger partial charge in [0.1, 0.15) is 0 Å². The van der Waals surface area contributed by atoms with E-state index in [0.29, 0.717) is 17.4 Å². The molecule has 0 aromatic heterocycles. The van der Waals surface area contributed by atoms with E-state index in [-0.39, 0.29) is 5.91 Å². The minimum atomic E-state index is 0.194. The van der Waals surface area contributed by atoms with Crippen molar-refractivity contribution in [2.75, 3.05) is 31.5 Å². The van der Waals surface area contributed by atoms with Gasteiger partial charge in [-0.05, 0) is 68.7 Å². The zero-order chi connectivity index (χ0) is 18.0. The summed E-state index contributed by atoms with van der Waals surface area (Å²) in [4.78, 5) is 15.1. The molecule has 4 nitrogen and oxygen atoms in total. The number of amides is 1. The van der Waals surface area contributed by atoms with Crippen molar-refractivity contribution >= 4 is 11.6 Å². The Bertz CT molecular complexity index is 610. The van der Waals surface area contributed by atoms with E-state index in [4.69, 9.17) is 0 Å². The van der Waals surface area contributed by atoms with Gasteiger partial charge in [0, 0.05) is 36.9 Å². The molecule has 2 aliphatic heterocycles. The van der Waals surface area contributed by atoms with Gasteiger partial charge >= 0.3 is 0 Å². The van der Waals surface area contributed by atoms with Crippen LogP contribution < -0.4 is 10.6 Å². The summed E-state index contributed by atoms with van der Waals surface area (Å²) in [5, 5.41) is 7.06. The summed E-state index contributed by atoms with van der Waals surface area (Å²) in [6.45, 7) is 12.7. The van der Waals surface area contributed by atoms with Crippen LogP contribution in [0.25, 0.3) is 0 Å². The first kappa shape index (κ1) is 18.2. The third kappa shape index (κ3) is 3.84. The van der Waals surface area contributed by atoms with Crippen LogP contribution in [-0.4, -0.2) is 43.0 Å². The van der Waals surface area contributed by atoms with Crippen LogP contribution in [0.3, 0.4) is 0 Å². The summed E-state index contributed by atoms with van der Waals surface area (Å²) in [6.07, 6.45) is 3.53. The minimum Gasteiger partial charge on any atom is -0.382 e. The third-order valence-corrected chi connectivity index (χ3v) is 6.39. The molecule has 2 N–H and O–H groups in total. The van der Waals surface area contributed by atoms with Crippen molar-refractivity contribution in [1.29, 1.82) is 0 Å². The second-order valence-electron chi connectivity index (χ2n) is 8.37. The predicted molar refractivity (Wildman–Crippen MR) is 104 cm³/mol. The number of hydrogen-bond acceptors (Lipinski definition) is 3. The Labute approximate surface area is 152 Å². The molecule has 2 fully saturated rings. The first-order valence-electron chi connectivity index (χ1n) is 9.78. The average Bonchev–Trinajstić information content (AvgIpc) is 3.05. The molecule has 1 aromatic rings. The van der Waals surface area contributed by atoms with Crippen LogP contribution in [-0.2, 0) is 0 Å². The van der Waals surface area contributed by atoms with Crippen molar-refractivity contribution in [3.8, 4) is 0 Å². The van der Waals surface area contributed by atoms with E-state index in [1.165, 1.54) is 6.42 Å². The number of piperidine rings is 1. The van der Waals surface area contributed by atoms with Gasteiger partial charge in [0.2, 0.25) is 0 Å². The second-order valence-corrected chi connectivity index (χ2v) is 8.37. The maximum absolute atomic E-state index is 13.1. The lowest BCUT2D eigenvalue weighted by Crippen LogP contribution is -2.44. The van der Waals surface area contributed by atoms with Crippen molar-refractivity contribution in [2.45, 2.75) is 53.0 Å². The normalized spacial score (nSPS) is 20.9. The fourth-order valence-electron chi connectivity index (χ4n) is 4.01. The predicted octanol–water partition coefficient (Wildman–Crippen LogP) is 3.67. The molecular formula is C21H33N3O. The minimum absolute atomic E-state index is 0.194. The highest BCUT2D eigenvalue weighted by molar-refractivity contribution is 5.97. The molecule has 138 valence electrons. The van der Waals surface area contributed by atoms with Crippen LogP contribution in [0.5, 0.6) is 0 Å². The van der Waals surface area contributed by atoms with Crippen molar-refractivity contribution in [3.63, 3.8) is 0 Å². The maximum atomic E-state index is 13.1. The highest BCUT2D eigenvalue weighted by Gasteiger charge is 2.38. The standard InChI is InChI=1S/C21H33N3O/c1-15(2)17(4)23-19-7-5-6-18(16(19)3)20(25)24-12-9-21(10-13-24)8-11-22-14-21/h5-7,15,17,22-23H,8-14H2,1-4H3. The largest absolute Gasteiger partial charge is 0.382 e. The van der Waals surface area contributed by atoms with E-state index in [2.05, 4.69) is 49.3 Å². The molecule has 0 bridgehead atoms. The van der Waals surface area contributed by atoms with E-state index < -0.39 is 0 Å². The first-order valence-corrected chi connectivity index (χ1v) is 9.78. The molecule has 1 unspecified atom stereocenters. The van der Waals surface area contributed by atoms with E-state index in [9.17, 15) is 4.79 Å². The quantitative estimate of drug-likeness (QED) is 0.877. The lowest BCUT2D eigenvalue weighted by atomic mass is 9.77. The average molecular weight is 344 g/mol. The van der Waals surface area contributed by atoms with Gasteiger partial charge in [-0.2, -0.15) is 0 Å². The summed E-state index contributed by atoms with van der Waals surface area (Å²) in [6, 6.07) is 6.45. The molecule has 3 rings (SSSR count). The van der Waals surface area contributed by atoms with Gasteiger partial charge in [-0.15, -0.1) is 0 Å². The van der Waals surface area contributed by atoms with Crippen LogP contribution in [0.4, 0.5) is 5.69 Å². The van der Waals surface area contributed by atoms with Gasteiger partial charge in [0.25, 0.3) is 5.91 Å². The number of nitrogens with one attached hydrogen (secondary N) is 2. The molecule has 2 heterocycles. The number of hydrogen-bond donors (Lipinski definition) is 2. The molecule has 0 aliphatic carbocycles. The maximum Gasteiger partial charge on any atom is 0.254 e. The Morgan fingerprint density at radius 2 is 1.92 bits per heavy atom. The summed E-state index contributed by atoms with van der Waals surface area (Å²) >= 11 is 0. The lowest BCUT2D eigenvalue weighted by molar-refractivity contribution is 0.0607. The Morgan fingerprint density at radius 1 is 1.20 bits per heavy atom. The molecule has 2 saturated heterocycles. The molecule has 0 saturated carbocycles. The van der Waals surface area contributed by atoms with Gasteiger partial charge in [-0.25, -0.2) is 0 Å². The zero-order valence-corrected chi connectivity index (χ0v) is 16.2. The van der Waals surface area contributed by atoms with Gasteiger partial charge < -0.3 is 15.5 Å². The molecule has 0 radical (unpaired) electrons. The smallest absolute Gasteiger partial charge is 0.254 e. The van der Waals surface area contributed by atoms with E-state index in [1.807, 2.05) is 12.1 Å². The van der Waals surface area contributed by atoms with E-state index >= 15 is 0 Å². The molecule has 1 spiro atoms. The number of carbonyl (C=O) groups is 1. The Kier molecular flexibility index (Phi) is 5.38. The van der Waals surface area contributed by atoms with Gasteiger partial charge in [0.05, 0.1) is 0 Å². The number of nitrogens with zero attached hydrogens (tertiary/aromatic N) is 1. The van der Waals surface area contributed by atoms with E-state index in [0.717, 1.165) is 55.8 Å². The van der Waals surface area contributed by atoms with Gasteiger partial charge in [-0.1, -0.05) is 19.9 Å². The molecule has 1 aromatic carbocycles. The monoisotopic (exact) mass is 343 g/mol. The summed E-state index contributed by atoms with van der Waals surface area (Å²) in [7, 11) is 0. The second kappa shape index (κ2) is 7.36. The Hall–Kier alpha value is -1.55. The molecule has 1 amide bonds. The zero-order valence-electron chi connectivity index (χ0n) is 16.2. The van der Waals surface area contributed by atoms with Crippen molar-refractivity contribution < 1.29 is 4.79 Å². The number of anilines is 1. The van der Waals surface area contributed by atoms with Gasteiger partial charge in [-0.3, -0.25) is 4.79 Å². The lowest BCUT2D eigenvalue weighted by Gasteiger charge is -2.39. The highest BCUT2D eigenvalue weighted by Crippen LogP contribution is 2.37. The topological polar surface area (TPSA) is 44.4 Å². The Morgan fingerprint density at radius 3 is 2.52 bits per heavy atom. The van der Waals surface area contributed by atoms with Crippen LogP contribution in [0.2, 0.25) is 0 Å². The highest BCUT2D eigenvalue weighted by atomic mass is 16.2. The molecular weight excluding hydrogens is 310 g/mol. The van der Waals surface area contributed by atoms with Crippen LogP contribution in [0, 0.1) is 18.3 Å². The summed E-state index contributed by atoms with van der Waals surface area (Å²) in [5.41, 5.74) is 3.45. The fraction of sp³-hybridized carbons (Fsp3) is 0.667. The van der Waals surface area contributed by atoms with Crippen molar-refractivity contribution in [1.82, 2.24) is 10.2 Å². The van der Waals surface area contributed by atoms with Crippen LogP contribution in [0.1, 0.15) is 56.0 Å². The molecule has 2 aliphatic rings. The molecule has 25 heavy (non-hydrogen) atoms. The van der Waals surface area contributed by atoms with Crippen molar-refractivity contribution in [3.05, 3.63) is 29.3 Å². The van der Waals surface area contributed by atoms with Gasteiger partial charge in [0.15, 0.2) is 0 Å². The van der Waals surface area contributed by atoms with Crippen LogP contribution in [0.15, 0.2) is 18.2 Å². The summed E-state index contributed by atoms with van der Waals surface area (Å²) in [5.74, 6) is 0.746. The van der Waals surface area contributed by atoms with E-state index in [1.54, 1.807) is 0 Å². The number of carbonyl (C=O) groups excluding carboxylic acids is 1. The third-order valence-electron chi connectivity index (χ3n) is 6.39. The summed E-state index contributed by atoms with van der Waals surface area (Å²) < 4.78 is 0. The first-order chi connectivity index (χ1) is 11.9. The molecule has 4 heteroatoms.